The highest BCUT2D eigenvalue weighted by Crippen LogP contribution is 2.29. The van der Waals surface area contributed by atoms with Gasteiger partial charge in [0, 0.05) is 25.0 Å². The second-order valence-electron chi connectivity index (χ2n) is 6.54. The summed E-state index contributed by atoms with van der Waals surface area (Å²) in [4.78, 5) is 19.1. The Morgan fingerprint density at radius 3 is 2.84 bits per heavy atom. The summed E-state index contributed by atoms with van der Waals surface area (Å²) < 4.78 is 7.41. The van der Waals surface area contributed by atoms with Crippen LogP contribution in [0.25, 0.3) is 0 Å². The van der Waals surface area contributed by atoms with Gasteiger partial charge in [0.25, 0.3) is 5.91 Å². The molecule has 0 bridgehead atoms. The molecule has 0 aliphatic heterocycles. The molecule has 2 aromatic heterocycles. The van der Waals surface area contributed by atoms with E-state index in [9.17, 15) is 4.79 Å². The van der Waals surface area contributed by atoms with Crippen LogP contribution in [0, 0.1) is 6.92 Å². The van der Waals surface area contributed by atoms with Gasteiger partial charge in [0.2, 0.25) is 0 Å². The minimum absolute atomic E-state index is 0.0575. The van der Waals surface area contributed by atoms with Crippen molar-refractivity contribution in [3.63, 3.8) is 0 Å². The van der Waals surface area contributed by atoms with E-state index in [1.807, 2.05) is 17.2 Å². The number of aryl methyl sites for hydroxylation is 1. The minimum atomic E-state index is -0.0575. The summed E-state index contributed by atoms with van der Waals surface area (Å²) >= 11 is 0. The number of rotatable bonds is 6. The van der Waals surface area contributed by atoms with Gasteiger partial charge in [-0.3, -0.25) is 4.79 Å². The van der Waals surface area contributed by atoms with Crippen LogP contribution in [0.15, 0.2) is 59.5 Å². The van der Waals surface area contributed by atoms with Gasteiger partial charge in [-0.1, -0.05) is 24.3 Å². The lowest BCUT2D eigenvalue weighted by atomic mass is 10.1. The molecule has 0 atom stereocenters. The third kappa shape index (κ3) is 3.36. The average molecular weight is 335 g/mol. The monoisotopic (exact) mass is 335 g/mol. The number of imidazole rings is 1. The van der Waals surface area contributed by atoms with E-state index in [4.69, 9.17) is 4.42 Å². The van der Waals surface area contributed by atoms with Gasteiger partial charge in [0.15, 0.2) is 5.76 Å². The SMILES string of the molecule is Cc1ccccc1Cn1ccnc1CN(C(=O)c1ccco1)C1CC1. The molecular weight excluding hydrogens is 314 g/mol. The van der Waals surface area contributed by atoms with Crippen molar-refractivity contribution in [2.45, 2.75) is 38.9 Å². The Balaban J connectivity index is 1.55. The van der Waals surface area contributed by atoms with Crippen molar-refractivity contribution in [3.05, 3.63) is 77.8 Å². The van der Waals surface area contributed by atoms with E-state index in [-0.39, 0.29) is 5.91 Å². The molecule has 0 radical (unpaired) electrons. The van der Waals surface area contributed by atoms with Crippen LogP contribution in [0.2, 0.25) is 0 Å². The molecule has 1 amide bonds. The van der Waals surface area contributed by atoms with Crippen molar-refractivity contribution in [2.24, 2.45) is 0 Å². The molecule has 0 N–H and O–H groups in total. The number of nitrogens with zero attached hydrogens (tertiary/aromatic N) is 3. The normalized spacial score (nSPS) is 13.8. The van der Waals surface area contributed by atoms with Gasteiger partial charge in [-0.2, -0.15) is 0 Å². The Morgan fingerprint density at radius 1 is 1.28 bits per heavy atom. The summed E-state index contributed by atoms with van der Waals surface area (Å²) in [5.74, 6) is 1.23. The zero-order valence-electron chi connectivity index (χ0n) is 14.3. The molecular formula is C20H21N3O2. The first-order chi connectivity index (χ1) is 12.2. The predicted molar refractivity (Wildman–Crippen MR) is 94.1 cm³/mol. The van der Waals surface area contributed by atoms with E-state index in [1.54, 1.807) is 18.3 Å². The molecule has 1 saturated carbocycles. The van der Waals surface area contributed by atoms with Crippen LogP contribution in [0.3, 0.4) is 0 Å². The van der Waals surface area contributed by atoms with Gasteiger partial charge < -0.3 is 13.9 Å². The van der Waals surface area contributed by atoms with Crippen molar-refractivity contribution >= 4 is 5.91 Å². The van der Waals surface area contributed by atoms with Crippen LogP contribution < -0.4 is 0 Å². The molecule has 25 heavy (non-hydrogen) atoms. The highest BCUT2D eigenvalue weighted by molar-refractivity contribution is 5.91. The number of amides is 1. The Kier molecular flexibility index (Phi) is 4.14. The quantitative estimate of drug-likeness (QED) is 0.691. The fourth-order valence-corrected chi connectivity index (χ4v) is 3.05. The maximum atomic E-state index is 12.7. The zero-order valence-corrected chi connectivity index (χ0v) is 14.3. The highest BCUT2D eigenvalue weighted by atomic mass is 16.3. The topological polar surface area (TPSA) is 51.3 Å². The smallest absolute Gasteiger partial charge is 0.290 e. The van der Waals surface area contributed by atoms with E-state index in [0.29, 0.717) is 18.3 Å². The fraction of sp³-hybridized carbons (Fsp3) is 0.300. The first-order valence-corrected chi connectivity index (χ1v) is 8.61. The van der Waals surface area contributed by atoms with Gasteiger partial charge in [-0.15, -0.1) is 0 Å². The summed E-state index contributed by atoms with van der Waals surface area (Å²) in [5.41, 5.74) is 2.52. The first-order valence-electron chi connectivity index (χ1n) is 8.61. The Morgan fingerprint density at radius 2 is 2.12 bits per heavy atom. The fourth-order valence-electron chi connectivity index (χ4n) is 3.05. The molecule has 0 spiro atoms. The number of carbonyl (C=O) groups excluding carboxylic acids is 1. The summed E-state index contributed by atoms with van der Waals surface area (Å²) in [6.45, 7) is 3.38. The largest absolute Gasteiger partial charge is 0.459 e. The summed E-state index contributed by atoms with van der Waals surface area (Å²) in [6, 6.07) is 12.1. The van der Waals surface area contributed by atoms with Crippen molar-refractivity contribution in [1.82, 2.24) is 14.5 Å². The van der Waals surface area contributed by atoms with Crippen LogP contribution >= 0.6 is 0 Å². The second kappa shape index (κ2) is 6.59. The molecule has 5 heteroatoms. The van der Waals surface area contributed by atoms with Crippen LogP contribution in [0.5, 0.6) is 0 Å². The Hall–Kier alpha value is -2.82. The van der Waals surface area contributed by atoms with E-state index >= 15 is 0 Å². The van der Waals surface area contributed by atoms with Gasteiger partial charge in [0.05, 0.1) is 12.8 Å². The number of hydrogen-bond donors (Lipinski definition) is 0. The highest BCUT2D eigenvalue weighted by Gasteiger charge is 2.34. The van der Waals surface area contributed by atoms with Crippen LogP contribution in [-0.4, -0.2) is 26.4 Å². The molecule has 3 aromatic rings. The Labute approximate surface area is 146 Å². The summed E-state index contributed by atoms with van der Waals surface area (Å²) in [5, 5.41) is 0. The second-order valence-corrected chi connectivity index (χ2v) is 6.54. The molecule has 1 aliphatic rings. The standard InChI is InChI=1S/C20H21N3O2/c1-15-5-2-3-6-16(15)13-22-11-10-21-19(22)14-23(17-8-9-17)20(24)18-7-4-12-25-18/h2-7,10-12,17H,8-9,13-14H2,1H3. The molecule has 0 saturated heterocycles. The minimum Gasteiger partial charge on any atom is -0.459 e. The van der Waals surface area contributed by atoms with Gasteiger partial charge in [-0.05, 0) is 43.0 Å². The predicted octanol–water partition coefficient (Wildman–Crippen LogP) is 3.64. The van der Waals surface area contributed by atoms with E-state index in [0.717, 1.165) is 25.2 Å². The molecule has 5 nitrogen and oxygen atoms in total. The van der Waals surface area contributed by atoms with E-state index < -0.39 is 0 Å². The maximum Gasteiger partial charge on any atom is 0.290 e. The maximum absolute atomic E-state index is 12.7. The molecule has 0 unspecified atom stereocenters. The van der Waals surface area contributed by atoms with Gasteiger partial charge in [-0.25, -0.2) is 4.98 Å². The lowest BCUT2D eigenvalue weighted by Crippen LogP contribution is -2.33. The molecule has 1 aliphatic carbocycles. The number of aromatic nitrogens is 2. The number of carbonyl (C=O) groups is 1. The van der Waals surface area contributed by atoms with E-state index in [2.05, 4.69) is 34.7 Å². The lowest BCUT2D eigenvalue weighted by molar-refractivity contribution is 0.0691. The average Bonchev–Trinajstić information content (AvgIpc) is 3.13. The third-order valence-corrected chi connectivity index (χ3v) is 4.70. The third-order valence-electron chi connectivity index (χ3n) is 4.70. The number of benzene rings is 1. The first kappa shape index (κ1) is 15.7. The molecule has 1 aromatic carbocycles. The molecule has 4 rings (SSSR count). The van der Waals surface area contributed by atoms with Gasteiger partial charge in [0.1, 0.15) is 5.82 Å². The van der Waals surface area contributed by atoms with Crippen LogP contribution in [0.1, 0.15) is 40.3 Å². The van der Waals surface area contributed by atoms with E-state index in [1.165, 1.54) is 17.4 Å². The van der Waals surface area contributed by atoms with Crippen molar-refractivity contribution in [3.8, 4) is 0 Å². The van der Waals surface area contributed by atoms with Crippen molar-refractivity contribution in [2.75, 3.05) is 0 Å². The number of hydrogen-bond acceptors (Lipinski definition) is 3. The molecule has 2 heterocycles. The van der Waals surface area contributed by atoms with Crippen molar-refractivity contribution < 1.29 is 9.21 Å². The lowest BCUT2D eigenvalue weighted by Gasteiger charge is -2.21. The Bertz CT molecular complexity index is 863. The van der Waals surface area contributed by atoms with Crippen LogP contribution in [-0.2, 0) is 13.1 Å². The summed E-state index contributed by atoms with van der Waals surface area (Å²) in [6.07, 6.45) is 7.41. The van der Waals surface area contributed by atoms with Crippen LogP contribution in [0.4, 0.5) is 0 Å². The van der Waals surface area contributed by atoms with Crippen molar-refractivity contribution in [1.29, 1.82) is 0 Å². The number of furan rings is 1. The molecule has 1 fully saturated rings. The zero-order chi connectivity index (χ0) is 17.2. The molecule has 128 valence electrons. The van der Waals surface area contributed by atoms with Gasteiger partial charge >= 0.3 is 0 Å². The summed E-state index contributed by atoms with van der Waals surface area (Å²) in [7, 11) is 0.